The number of rotatable bonds is 4. The molecule has 0 radical (unpaired) electrons. The summed E-state index contributed by atoms with van der Waals surface area (Å²) >= 11 is 0.702. The monoisotopic (exact) mass is 302 g/mol. The molecule has 6 nitrogen and oxygen atoms in total. The SMILES string of the molecule is Cc1[nH]c(=O)sc1S(=O)(=O)N(C)Cc1ccoc1C. The molecule has 0 fully saturated rings. The van der Waals surface area contributed by atoms with E-state index in [1.807, 2.05) is 0 Å². The topological polar surface area (TPSA) is 83.4 Å². The van der Waals surface area contributed by atoms with Crippen LogP contribution in [-0.4, -0.2) is 24.8 Å². The number of hydrogen-bond acceptors (Lipinski definition) is 5. The smallest absolute Gasteiger partial charge is 0.305 e. The van der Waals surface area contributed by atoms with Crippen molar-refractivity contribution in [3.8, 4) is 0 Å². The molecule has 0 spiro atoms. The summed E-state index contributed by atoms with van der Waals surface area (Å²) in [6, 6.07) is 1.73. The van der Waals surface area contributed by atoms with Crippen LogP contribution in [0, 0.1) is 13.8 Å². The Hall–Kier alpha value is -1.38. The molecule has 0 saturated heterocycles. The first-order valence-electron chi connectivity index (χ1n) is 5.51. The third-order valence-electron chi connectivity index (χ3n) is 2.79. The second kappa shape index (κ2) is 4.95. The Bertz CT molecular complexity index is 739. The van der Waals surface area contributed by atoms with E-state index in [1.54, 1.807) is 19.9 Å². The lowest BCUT2D eigenvalue weighted by Gasteiger charge is -2.15. The Kier molecular flexibility index (Phi) is 3.66. The van der Waals surface area contributed by atoms with Gasteiger partial charge in [0.25, 0.3) is 10.0 Å². The minimum absolute atomic E-state index is 0.0566. The Labute approximate surface area is 114 Å². The molecular weight excluding hydrogens is 288 g/mol. The highest BCUT2D eigenvalue weighted by atomic mass is 32.2. The van der Waals surface area contributed by atoms with Gasteiger partial charge in [-0.3, -0.25) is 4.79 Å². The number of H-pyrrole nitrogens is 1. The zero-order chi connectivity index (χ0) is 14.2. The number of aromatic nitrogens is 1. The molecule has 0 atom stereocenters. The van der Waals surface area contributed by atoms with Crippen molar-refractivity contribution in [1.82, 2.24) is 9.29 Å². The van der Waals surface area contributed by atoms with Crippen LogP contribution in [0.5, 0.6) is 0 Å². The number of sulfonamides is 1. The molecule has 2 rings (SSSR count). The summed E-state index contributed by atoms with van der Waals surface area (Å²) < 4.78 is 31.1. The van der Waals surface area contributed by atoms with E-state index in [9.17, 15) is 13.2 Å². The summed E-state index contributed by atoms with van der Waals surface area (Å²) in [7, 11) is -2.19. The van der Waals surface area contributed by atoms with Gasteiger partial charge in [0.2, 0.25) is 0 Å². The molecule has 8 heteroatoms. The minimum Gasteiger partial charge on any atom is -0.469 e. The van der Waals surface area contributed by atoms with Crippen LogP contribution < -0.4 is 4.87 Å². The van der Waals surface area contributed by atoms with E-state index in [1.165, 1.54) is 17.6 Å². The van der Waals surface area contributed by atoms with E-state index < -0.39 is 10.0 Å². The third kappa shape index (κ3) is 2.65. The van der Waals surface area contributed by atoms with Gasteiger partial charge in [0.1, 0.15) is 5.76 Å². The molecule has 0 bridgehead atoms. The highest BCUT2D eigenvalue weighted by Gasteiger charge is 2.26. The Balaban J connectivity index is 2.32. The van der Waals surface area contributed by atoms with Gasteiger partial charge in [-0.05, 0) is 19.9 Å². The summed E-state index contributed by atoms with van der Waals surface area (Å²) in [6.07, 6.45) is 1.52. The van der Waals surface area contributed by atoms with Crippen LogP contribution in [-0.2, 0) is 16.6 Å². The van der Waals surface area contributed by atoms with Crippen LogP contribution >= 0.6 is 11.3 Å². The summed E-state index contributed by atoms with van der Waals surface area (Å²) in [4.78, 5) is 13.3. The van der Waals surface area contributed by atoms with Crippen molar-refractivity contribution in [2.75, 3.05) is 7.05 Å². The number of nitrogens with zero attached hydrogens (tertiary/aromatic N) is 1. The molecule has 2 aromatic heterocycles. The van der Waals surface area contributed by atoms with Gasteiger partial charge in [-0.25, -0.2) is 8.42 Å². The van der Waals surface area contributed by atoms with Crippen LogP contribution in [0.1, 0.15) is 17.0 Å². The van der Waals surface area contributed by atoms with Gasteiger partial charge >= 0.3 is 4.87 Å². The van der Waals surface area contributed by atoms with Gasteiger partial charge in [0, 0.05) is 24.8 Å². The molecule has 19 heavy (non-hydrogen) atoms. The van der Waals surface area contributed by atoms with Crippen LogP contribution in [0.4, 0.5) is 0 Å². The van der Waals surface area contributed by atoms with E-state index in [0.717, 1.165) is 5.56 Å². The minimum atomic E-state index is -3.66. The van der Waals surface area contributed by atoms with Gasteiger partial charge in [-0.1, -0.05) is 11.3 Å². The summed E-state index contributed by atoms with van der Waals surface area (Å²) in [5.74, 6) is 0.682. The predicted octanol–water partition coefficient (Wildman–Crippen LogP) is 1.47. The average Bonchev–Trinajstić information content (AvgIpc) is 2.86. The fourth-order valence-corrected chi connectivity index (χ4v) is 4.31. The summed E-state index contributed by atoms with van der Waals surface area (Å²) in [5.41, 5.74) is 1.16. The molecule has 0 aliphatic heterocycles. The number of furan rings is 1. The second-order valence-electron chi connectivity index (χ2n) is 4.19. The largest absolute Gasteiger partial charge is 0.469 e. The average molecular weight is 302 g/mol. The van der Waals surface area contributed by atoms with Gasteiger partial charge in [-0.2, -0.15) is 4.31 Å². The van der Waals surface area contributed by atoms with E-state index >= 15 is 0 Å². The van der Waals surface area contributed by atoms with E-state index in [4.69, 9.17) is 4.42 Å². The quantitative estimate of drug-likeness (QED) is 0.927. The van der Waals surface area contributed by atoms with Gasteiger partial charge in [0.15, 0.2) is 4.21 Å². The van der Waals surface area contributed by atoms with Crippen LogP contribution in [0.25, 0.3) is 0 Å². The lowest BCUT2D eigenvalue weighted by atomic mass is 10.3. The van der Waals surface area contributed by atoms with E-state index in [0.29, 0.717) is 22.8 Å². The standard InChI is InChI=1S/C11H14N2O4S2/c1-7-10(18-11(14)12-7)19(15,16)13(3)6-9-4-5-17-8(9)2/h4-5H,6H2,1-3H3,(H,12,14). The Morgan fingerprint density at radius 3 is 2.58 bits per heavy atom. The lowest BCUT2D eigenvalue weighted by molar-refractivity contribution is 0.460. The molecule has 2 aromatic rings. The molecule has 0 unspecified atom stereocenters. The van der Waals surface area contributed by atoms with Crippen molar-refractivity contribution in [3.63, 3.8) is 0 Å². The van der Waals surface area contributed by atoms with E-state index in [-0.39, 0.29) is 15.6 Å². The molecule has 0 aliphatic rings. The maximum atomic E-state index is 12.4. The predicted molar refractivity (Wildman–Crippen MR) is 71.8 cm³/mol. The van der Waals surface area contributed by atoms with Crippen molar-refractivity contribution in [2.24, 2.45) is 0 Å². The molecule has 0 aliphatic carbocycles. The van der Waals surface area contributed by atoms with Crippen molar-refractivity contribution in [1.29, 1.82) is 0 Å². The first-order valence-corrected chi connectivity index (χ1v) is 7.77. The fourth-order valence-electron chi connectivity index (χ4n) is 1.68. The third-order valence-corrected chi connectivity index (χ3v) is 6.17. The van der Waals surface area contributed by atoms with Crippen LogP contribution in [0.3, 0.4) is 0 Å². The molecule has 0 amide bonds. The molecule has 0 aromatic carbocycles. The van der Waals surface area contributed by atoms with Crippen molar-refractivity contribution in [3.05, 3.63) is 39.0 Å². The van der Waals surface area contributed by atoms with Crippen molar-refractivity contribution in [2.45, 2.75) is 24.6 Å². The maximum Gasteiger partial charge on any atom is 0.305 e. The Morgan fingerprint density at radius 1 is 1.42 bits per heavy atom. The first-order chi connectivity index (χ1) is 8.82. The fraction of sp³-hybridized carbons (Fsp3) is 0.364. The highest BCUT2D eigenvalue weighted by Crippen LogP contribution is 2.22. The lowest BCUT2D eigenvalue weighted by Crippen LogP contribution is -2.26. The van der Waals surface area contributed by atoms with Crippen LogP contribution in [0.15, 0.2) is 25.8 Å². The number of hydrogen-bond donors (Lipinski definition) is 1. The molecule has 2 heterocycles. The normalized spacial score (nSPS) is 12.2. The molecule has 104 valence electrons. The molecule has 0 saturated carbocycles. The zero-order valence-electron chi connectivity index (χ0n) is 10.8. The molecular formula is C11H14N2O4S2. The van der Waals surface area contributed by atoms with Crippen molar-refractivity contribution < 1.29 is 12.8 Å². The van der Waals surface area contributed by atoms with Crippen LogP contribution in [0.2, 0.25) is 0 Å². The number of thiazole rings is 1. The first kappa shape index (κ1) is 14.0. The van der Waals surface area contributed by atoms with Gasteiger partial charge in [-0.15, -0.1) is 0 Å². The highest BCUT2D eigenvalue weighted by molar-refractivity contribution is 7.91. The summed E-state index contributed by atoms with van der Waals surface area (Å²) in [6.45, 7) is 3.55. The zero-order valence-corrected chi connectivity index (χ0v) is 12.4. The second-order valence-corrected chi connectivity index (χ2v) is 7.41. The molecule has 1 N–H and O–H groups in total. The maximum absolute atomic E-state index is 12.4. The number of aromatic amines is 1. The number of aryl methyl sites for hydroxylation is 2. The summed E-state index contributed by atoms with van der Waals surface area (Å²) in [5, 5.41) is 0. The van der Waals surface area contributed by atoms with E-state index in [2.05, 4.69) is 4.98 Å². The van der Waals surface area contributed by atoms with Crippen molar-refractivity contribution >= 4 is 21.4 Å². The van der Waals surface area contributed by atoms with Gasteiger partial charge < -0.3 is 9.40 Å². The van der Waals surface area contributed by atoms with Gasteiger partial charge in [0.05, 0.1) is 6.26 Å². The Morgan fingerprint density at radius 2 is 2.11 bits per heavy atom. The number of nitrogens with one attached hydrogen (secondary N) is 1.